The number of urea groups is 1. The molecule has 41 heavy (non-hydrogen) atoms. The van der Waals surface area contributed by atoms with Gasteiger partial charge in [0, 0.05) is 42.0 Å². The van der Waals surface area contributed by atoms with Gasteiger partial charge in [0.25, 0.3) is 11.8 Å². The summed E-state index contributed by atoms with van der Waals surface area (Å²) in [6.07, 6.45) is 2.58. The molecule has 204 valence electrons. The molecule has 3 aromatic carbocycles. The van der Waals surface area contributed by atoms with Crippen molar-refractivity contribution in [3.8, 4) is 5.69 Å². The Bertz CT molecular complexity index is 1780. The first kappa shape index (κ1) is 25.0. The molecule has 1 aromatic heterocycles. The summed E-state index contributed by atoms with van der Waals surface area (Å²) in [5.41, 5.74) is 6.18. The van der Waals surface area contributed by atoms with Gasteiger partial charge in [0.2, 0.25) is 0 Å². The molecule has 4 amide bonds. The van der Waals surface area contributed by atoms with Crippen LogP contribution in [0.4, 0.5) is 4.79 Å². The first-order valence-corrected chi connectivity index (χ1v) is 13.6. The topological polar surface area (TPSA) is 109 Å². The highest BCUT2D eigenvalue weighted by Crippen LogP contribution is 2.36. The Hall–Kier alpha value is -5.05. The monoisotopic (exact) mass is 544 g/mol. The summed E-state index contributed by atoms with van der Waals surface area (Å²) in [6, 6.07) is 23.2. The number of likely N-dealkylation sites (N-methyl/N-ethyl adjacent to an activating group) is 1. The highest BCUT2D eigenvalue weighted by atomic mass is 16.2. The molecular formula is C32H28N6O3. The van der Waals surface area contributed by atoms with Crippen LogP contribution in [0.5, 0.6) is 0 Å². The molecule has 0 radical (unpaired) electrons. The van der Waals surface area contributed by atoms with Gasteiger partial charge in [-0.2, -0.15) is 0 Å². The summed E-state index contributed by atoms with van der Waals surface area (Å²) in [6.45, 7) is 1.99. The third-order valence-electron chi connectivity index (χ3n) is 8.53. The summed E-state index contributed by atoms with van der Waals surface area (Å²) in [7, 11) is 1.66. The minimum atomic E-state index is -0.874. The predicted molar refractivity (Wildman–Crippen MR) is 153 cm³/mol. The van der Waals surface area contributed by atoms with E-state index in [1.165, 1.54) is 4.90 Å². The summed E-state index contributed by atoms with van der Waals surface area (Å²) in [4.78, 5) is 49.8. The van der Waals surface area contributed by atoms with E-state index in [9.17, 15) is 14.4 Å². The van der Waals surface area contributed by atoms with Crippen molar-refractivity contribution < 1.29 is 14.4 Å². The number of aromatic nitrogens is 2. The highest BCUT2D eigenvalue weighted by Gasteiger charge is 2.52. The maximum atomic E-state index is 13.7. The van der Waals surface area contributed by atoms with Gasteiger partial charge in [0.15, 0.2) is 12.0 Å². The van der Waals surface area contributed by atoms with Crippen molar-refractivity contribution >= 4 is 23.6 Å². The second-order valence-corrected chi connectivity index (χ2v) is 10.8. The zero-order valence-electron chi connectivity index (χ0n) is 22.7. The van der Waals surface area contributed by atoms with Crippen LogP contribution in [0.3, 0.4) is 0 Å². The van der Waals surface area contributed by atoms with E-state index in [-0.39, 0.29) is 17.8 Å². The van der Waals surface area contributed by atoms with Crippen LogP contribution in [-0.2, 0) is 17.6 Å². The van der Waals surface area contributed by atoms with E-state index in [0.717, 1.165) is 39.3 Å². The highest BCUT2D eigenvalue weighted by molar-refractivity contribution is 6.15. The van der Waals surface area contributed by atoms with Crippen molar-refractivity contribution in [1.82, 2.24) is 25.1 Å². The molecule has 2 N–H and O–H groups in total. The number of aliphatic imine (C=N–C) groups is 1. The quantitative estimate of drug-likeness (QED) is 0.382. The van der Waals surface area contributed by atoms with Gasteiger partial charge in [-0.15, -0.1) is 0 Å². The van der Waals surface area contributed by atoms with Crippen LogP contribution in [-0.4, -0.2) is 50.6 Å². The van der Waals surface area contributed by atoms with E-state index in [0.29, 0.717) is 30.7 Å². The number of nitrogens with one attached hydrogen (secondary N) is 2. The van der Waals surface area contributed by atoms with Gasteiger partial charge in [0.1, 0.15) is 5.54 Å². The van der Waals surface area contributed by atoms with Gasteiger partial charge in [-0.3, -0.25) is 24.5 Å². The average molecular weight is 545 g/mol. The third-order valence-corrected chi connectivity index (χ3v) is 8.53. The second-order valence-electron chi connectivity index (χ2n) is 10.8. The van der Waals surface area contributed by atoms with E-state index >= 15 is 0 Å². The first-order chi connectivity index (χ1) is 19.9. The van der Waals surface area contributed by atoms with E-state index in [4.69, 9.17) is 4.99 Å². The minimum Gasteiger partial charge on any atom is -0.324 e. The fourth-order valence-electron chi connectivity index (χ4n) is 6.26. The number of rotatable bonds is 3. The molecule has 3 aliphatic rings. The SMILES string of the molecule is Cc1cnc2n1-c1ccccc1C(c1ccccc1)=NC2NC(=O)c1ccc2c(c1)CCC1(C2)C(=O)NC(=O)N1C. The van der Waals surface area contributed by atoms with Crippen LogP contribution in [0, 0.1) is 6.92 Å². The summed E-state index contributed by atoms with van der Waals surface area (Å²) < 4.78 is 2.05. The number of carbonyl (C=O) groups excluding carboxylic acids is 3. The van der Waals surface area contributed by atoms with Crippen LogP contribution in [0.25, 0.3) is 5.69 Å². The third kappa shape index (κ3) is 3.88. The van der Waals surface area contributed by atoms with Crippen molar-refractivity contribution in [3.63, 3.8) is 0 Å². The summed E-state index contributed by atoms with van der Waals surface area (Å²) in [5.74, 6) is 0.108. The fraction of sp³-hybridized carbons (Fsp3) is 0.219. The van der Waals surface area contributed by atoms with E-state index in [2.05, 4.69) is 20.2 Å². The molecule has 0 saturated carbocycles. The molecule has 1 saturated heterocycles. The normalized spacial score (nSPS) is 21.0. The number of hydrogen-bond acceptors (Lipinski definition) is 5. The zero-order chi connectivity index (χ0) is 28.3. The first-order valence-electron chi connectivity index (χ1n) is 13.6. The molecule has 7 rings (SSSR count). The van der Waals surface area contributed by atoms with Gasteiger partial charge >= 0.3 is 6.03 Å². The lowest BCUT2D eigenvalue weighted by Crippen LogP contribution is -2.51. The second kappa shape index (κ2) is 9.26. The number of hydrogen-bond donors (Lipinski definition) is 2. The maximum Gasteiger partial charge on any atom is 0.324 e. The van der Waals surface area contributed by atoms with E-state index < -0.39 is 11.7 Å². The van der Waals surface area contributed by atoms with Gasteiger partial charge in [-0.25, -0.2) is 9.78 Å². The Morgan fingerprint density at radius 3 is 2.59 bits per heavy atom. The molecule has 1 fully saturated rings. The molecule has 3 heterocycles. The molecule has 2 aliphatic heterocycles. The lowest BCUT2D eigenvalue weighted by Gasteiger charge is -2.37. The lowest BCUT2D eigenvalue weighted by molar-refractivity contribution is -0.126. The Labute approximate surface area is 236 Å². The fourth-order valence-corrected chi connectivity index (χ4v) is 6.26. The Morgan fingerprint density at radius 2 is 1.80 bits per heavy atom. The number of amides is 4. The van der Waals surface area contributed by atoms with Crippen LogP contribution < -0.4 is 10.6 Å². The van der Waals surface area contributed by atoms with Crippen LogP contribution in [0.1, 0.15) is 56.7 Å². The largest absolute Gasteiger partial charge is 0.324 e. The molecule has 0 bridgehead atoms. The zero-order valence-corrected chi connectivity index (χ0v) is 22.7. The molecule has 9 heteroatoms. The molecule has 2 atom stereocenters. The van der Waals surface area contributed by atoms with Gasteiger partial charge in [0.05, 0.1) is 11.4 Å². The molecule has 9 nitrogen and oxygen atoms in total. The molecule has 2 unspecified atom stereocenters. The van der Waals surface area contributed by atoms with Gasteiger partial charge in [-0.1, -0.05) is 54.6 Å². The van der Waals surface area contributed by atoms with Crippen molar-refractivity contribution in [1.29, 1.82) is 0 Å². The Morgan fingerprint density at radius 1 is 1.02 bits per heavy atom. The van der Waals surface area contributed by atoms with E-state index in [1.807, 2.05) is 73.7 Å². The number of imide groups is 1. The average Bonchev–Trinajstić information content (AvgIpc) is 3.42. The van der Waals surface area contributed by atoms with Crippen molar-refractivity contribution in [3.05, 3.63) is 118 Å². The number of nitrogens with zero attached hydrogens (tertiary/aromatic N) is 4. The molecule has 1 aliphatic carbocycles. The molecular weight excluding hydrogens is 516 g/mol. The predicted octanol–water partition coefficient (Wildman–Crippen LogP) is 3.87. The maximum absolute atomic E-state index is 13.7. The number of imidazole rings is 1. The van der Waals surface area contributed by atoms with Crippen LogP contribution >= 0.6 is 0 Å². The summed E-state index contributed by atoms with van der Waals surface area (Å²) >= 11 is 0. The lowest BCUT2D eigenvalue weighted by atomic mass is 9.76. The number of benzene rings is 3. The van der Waals surface area contributed by atoms with Crippen LogP contribution in [0.15, 0.2) is 84.0 Å². The van der Waals surface area contributed by atoms with Gasteiger partial charge < -0.3 is 10.2 Å². The van der Waals surface area contributed by atoms with Crippen molar-refractivity contribution in [2.24, 2.45) is 4.99 Å². The smallest absolute Gasteiger partial charge is 0.324 e. The summed E-state index contributed by atoms with van der Waals surface area (Å²) in [5, 5.41) is 5.56. The van der Waals surface area contributed by atoms with Crippen molar-refractivity contribution in [2.75, 3.05) is 7.05 Å². The molecule has 1 spiro atoms. The Kier molecular flexibility index (Phi) is 5.64. The Balaban J connectivity index is 1.24. The standard InChI is InChI=1S/C32H28N6O3/c1-19-18-33-28-27(34-26(20-8-4-3-5-9-20)24-10-6-7-11-25(24)38(19)28)35-29(39)22-12-13-23-17-32(15-14-21(23)16-22)30(40)36-31(41)37(32)2/h3-13,16,18,27H,14-15,17H2,1-2H3,(H,35,39)(H,36,40,41). The number of aryl methyl sites for hydroxylation is 2. The number of carbonyl (C=O) groups is 3. The van der Waals surface area contributed by atoms with Crippen LogP contribution in [0.2, 0.25) is 0 Å². The number of fused-ring (bicyclic) bond motifs is 4. The minimum absolute atomic E-state index is 0.260. The number of para-hydroxylation sites is 1. The van der Waals surface area contributed by atoms with E-state index in [1.54, 1.807) is 19.3 Å². The van der Waals surface area contributed by atoms with Gasteiger partial charge in [-0.05, 0) is 49.1 Å². The molecule has 4 aromatic rings. The van der Waals surface area contributed by atoms with Crippen molar-refractivity contribution in [2.45, 2.75) is 37.9 Å².